The Morgan fingerprint density at radius 2 is 1.98 bits per heavy atom. The van der Waals surface area contributed by atoms with Crippen molar-refractivity contribution in [1.82, 2.24) is 25.1 Å². The van der Waals surface area contributed by atoms with Gasteiger partial charge in [-0.15, -0.1) is 0 Å². The number of methoxy groups -OCH3 is 1. The molecule has 41 heavy (non-hydrogen) atoms. The Labute approximate surface area is 242 Å². The maximum atomic E-state index is 15.2. The number of carbonyl (C=O) groups is 2. The number of amides is 2. The van der Waals surface area contributed by atoms with Crippen molar-refractivity contribution in [1.29, 1.82) is 0 Å². The largest absolute Gasteiger partial charge is 0.495 e. The van der Waals surface area contributed by atoms with Crippen LogP contribution in [0.25, 0.3) is 0 Å². The number of nitrogens with zero attached hydrogens (tertiary/aromatic N) is 4. The van der Waals surface area contributed by atoms with Gasteiger partial charge in [-0.3, -0.25) is 9.59 Å². The first-order chi connectivity index (χ1) is 19.7. The molecule has 0 spiro atoms. The van der Waals surface area contributed by atoms with E-state index in [1.54, 1.807) is 24.1 Å². The van der Waals surface area contributed by atoms with E-state index in [0.717, 1.165) is 44.1 Å². The zero-order valence-corrected chi connectivity index (χ0v) is 24.1. The zero-order valence-electron chi connectivity index (χ0n) is 23.3. The molecule has 1 atom stereocenters. The van der Waals surface area contributed by atoms with Gasteiger partial charge in [0.15, 0.2) is 0 Å². The Morgan fingerprint density at radius 3 is 2.68 bits per heavy atom. The monoisotopic (exact) mass is 582 g/mol. The number of rotatable bonds is 8. The van der Waals surface area contributed by atoms with E-state index in [9.17, 15) is 9.59 Å². The van der Waals surface area contributed by atoms with Crippen LogP contribution in [0.15, 0.2) is 36.5 Å². The lowest BCUT2D eigenvalue weighted by Gasteiger charge is -2.31. The van der Waals surface area contributed by atoms with Gasteiger partial charge in [-0.2, -0.15) is 4.98 Å². The normalized spacial score (nSPS) is 17.4. The summed E-state index contributed by atoms with van der Waals surface area (Å²) in [4.78, 5) is 38.2. The molecule has 0 bridgehead atoms. The number of benzene rings is 2. The van der Waals surface area contributed by atoms with Crippen LogP contribution in [0.4, 0.5) is 16.0 Å². The number of hydrogen-bond acceptors (Lipinski definition) is 8. The van der Waals surface area contributed by atoms with Gasteiger partial charge in [0.05, 0.1) is 36.2 Å². The molecule has 5 rings (SSSR count). The van der Waals surface area contributed by atoms with Gasteiger partial charge in [-0.05, 0) is 44.0 Å². The number of aromatic nitrogens is 2. The van der Waals surface area contributed by atoms with Crippen LogP contribution in [0.3, 0.4) is 0 Å². The Hall–Kier alpha value is -3.96. The predicted molar refractivity (Wildman–Crippen MR) is 153 cm³/mol. The van der Waals surface area contributed by atoms with E-state index in [2.05, 4.69) is 32.4 Å². The van der Waals surface area contributed by atoms with Gasteiger partial charge in [-0.1, -0.05) is 30.7 Å². The van der Waals surface area contributed by atoms with Crippen LogP contribution in [0.5, 0.6) is 17.4 Å². The second kappa shape index (κ2) is 11.9. The summed E-state index contributed by atoms with van der Waals surface area (Å²) in [6.07, 6.45) is 2.96. The Morgan fingerprint density at radius 1 is 1.22 bits per heavy atom. The highest BCUT2D eigenvalue weighted by Gasteiger charge is 2.34. The Bertz CT molecular complexity index is 1480. The minimum atomic E-state index is -0.723. The number of anilines is 2. The lowest BCUT2D eigenvalue weighted by molar-refractivity contribution is 0.0782. The summed E-state index contributed by atoms with van der Waals surface area (Å²) in [6, 6.07) is 7.74. The summed E-state index contributed by atoms with van der Waals surface area (Å²) in [5.74, 6) is -0.785. The van der Waals surface area contributed by atoms with E-state index in [0.29, 0.717) is 11.3 Å². The molecule has 216 valence electrons. The standard InChI is InChI=1S/C29H32ClFN6O4/c1-5-37-11-9-17(10-12-37)33-26(38)19-13-24(40-4)22(14-21(19)31)34-29-32-15-20(30)27(35-29)41-23-8-6-7-18-16(2)36(3)28(39)25(18)23/h6-8,13-17H,5,9-12H2,1-4H3,(H,33,38)(H,32,34,35). The maximum absolute atomic E-state index is 15.2. The number of nitrogens with one attached hydrogen (secondary N) is 2. The lowest BCUT2D eigenvalue weighted by atomic mass is 10.0. The molecule has 2 amide bonds. The Balaban J connectivity index is 1.35. The third-order valence-corrected chi connectivity index (χ3v) is 7.95. The number of carbonyl (C=O) groups excluding carboxylic acids is 2. The van der Waals surface area contributed by atoms with Crippen molar-refractivity contribution in [2.45, 2.75) is 38.8 Å². The molecule has 2 aliphatic rings. The predicted octanol–water partition coefficient (Wildman–Crippen LogP) is 5.17. The van der Waals surface area contributed by atoms with Crippen molar-refractivity contribution < 1.29 is 23.5 Å². The van der Waals surface area contributed by atoms with E-state index >= 15 is 4.39 Å². The van der Waals surface area contributed by atoms with E-state index < -0.39 is 11.7 Å². The highest BCUT2D eigenvalue weighted by atomic mass is 35.5. The van der Waals surface area contributed by atoms with Gasteiger partial charge < -0.3 is 29.9 Å². The molecule has 1 aromatic heterocycles. The van der Waals surface area contributed by atoms with E-state index in [4.69, 9.17) is 21.1 Å². The molecule has 2 aliphatic heterocycles. The summed E-state index contributed by atoms with van der Waals surface area (Å²) in [7, 11) is 3.15. The fourth-order valence-electron chi connectivity index (χ4n) is 5.13. The number of fused-ring (bicyclic) bond motifs is 1. The Kier molecular flexibility index (Phi) is 8.27. The van der Waals surface area contributed by atoms with Crippen LogP contribution >= 0.6 is 11.6 Å². The van der Waals surface area contributed by atoms with Crippen molar-refractivity contribution in [3.63, 3.8) is 0 Å². The third-order valence-electron chi connectivity index (χ3n) is 7.69. The van der Waals surface area contributed by atoms with Gasteiger partial charge in [0, 0.05) is 32.2 Å². The molecular weight excluding hydrogens is 551 g/mol. The molecule has 1 saturated heterocycles. The minimum Gasteiger partial charge on any atom is -0.495 e. The van der Waals surface area contributed by atoms with Crippen molar-refractivity contribution in [2.24, 2.45) is 0 Å². The quantitative estimate of drug-likeness (QED) is 0.374. The minimum absolute atomic E-state index is 0.0112. The maximum Gasteiger partial charge on any atom is 0.258 e. The van der Waals surface area contributed by atoms with Gasteiger partial charge in [0.1, 0.15) is 22.3 Å². The second-order valence-corrected chi connectivity index (χ2v) is 10.5. The van der Waals surface area contributed by atoms with Crippen LogP contribution in [-0.4, -0.2) is 71.4 Å². The van der Waals surface area contributed by atoms with Crippen LogP contribution in [0, 0.1) is 5.82 Å². The average molecular weight is 583 g/mol. The highest BCUT2D eigenvalue weighted by molar-refractivity contribution is 6.31. The summed E-state index contributed by atoms with van der Waals surface area (Å²) in [5, 5.41) is 5.97. The highest BCUT2D eigenvalue weighted by Crippen LogP contribution is 2.40. The molecule has 1 fully saturated rings. The number of hydrogen-bond donors (Lipinski definition) is 2. The van der Waals surface area contributed by atoms with E-state index in [-0.39, 0.29) is 51.8 Å². The molecule has 3 aromatic rings. The average Bonchev–Trinajstić information content (AvgIpc) is 3.19. The molecule has 1 unspecified atom stereocenters. The molecule has 2 aromatic carbocycles. The molecule has 3 heterocycles. The summed E-state index contributed by atoms with van der Waals surface area (Å²) >= 11 is 6.32. The van der Waals surface area contributed by atoms with Gasteiger partial charge in [0.25, 0.3) is 11.8 Å². The number of piperidine rings is 1. The molecule has 10 nitrogen and oxygen atoms in total. The molecule has 2 N–H and O–H groups in total. The van der Waals surface area contributed by atoms with Crippen LogP contribution in [0.1, 0.15) is 59.0 Å². The SMILES string of the molecule is CCN1CCC(NC(=O)c2cc(OC)c(Nc3ncc(Cl)c(Oc4cccc5c4C(=O)N(C)C5C)n3)cc2F)CC1. The van der Waals surface area contributed by atoms with Crippen molar-refractivity contribution in [3.8, 4) is 17.4 Å². The lowest BCUT2D eigenvalue weighted by Crippen LogP contribution is -2.44. The summed E-state index contributed by atoms with van der Waals surface area (Å²) < 4.78 is 26.6. The van der Waals surface area contributed by atoms with Gasteiger partial charge in [-0.25, -0.2) is 9.37 Å². The van der Waals surface area contributed by atoms with Crippen LogP contribution < -0.4 is 20.1 Å². The molecular formula is C29H32ClFN6O4. The second-order valence-electron chi connectivity index (χ2n) is 10.1. The number of ether oxygens (including phenoxy) is 2. The first-order valence-corrected chi connectivity index (χ1v) is 13.9. The smallest absolute Gasteiger partial charge is 0.258 e. The topological polar surface area (TPSA) is 109 Å². The van der Waals surface area contributed by atoms with Crippen molar-refractivity contribution >= 4 is 35.1 Å². The van der Waals surface area contributed by atoms with Gasteiger partial charge >= 0.3 is 0 Å². The fraction of sp³-hybridized carbons (Fsp3) is 0.379. The molecule has 12 heteroatoms. The van der Waals surface area contributed by atoms with E-state index in [1.807, 2.05) is 13.0 Å². The summed E-state index contributed by atoms with van der Waals surface area (Å²) in [6.45, 7) is 6.79. The van der Waals surface area contributed by atoms with Crippen molar-refractivity contribution in [3.05, 3.63) is 64.1 Å². The fourth-order valence-corrected chi connectivity index (χ4v) is 5.26. The van der Waals surface area contributed by atoms with Crippen LogP contribution in [0.2, 0.25) is 5.02 Å². The van der Waals surface area contributed by atoms with E-state index in [1.165, 1.54) is 19.4 Å². The van der Waals surface area contributed by atoms with Crippen LogP contribution in [-0.2, 0) is 0 Å². The molecule has 0 aliphatic carbocycles. The summed E-state index contributed by atoms with van der Waals surface area (Å²) in [5.41, 5.74) is 1.37. The molecule has 0 radical (unpaired) electrons. The van der Waals surface area contributed by atoms with Crippen molar-refractivity contribution in [2.75, 3.05) is 39.1 Å². The molecule has 0 saturated carbocycles. The number of halogens is 2. The van der Waals surface area contributed by atoms with Gasteiger partial charge in [0.2, 0.25) is 11.8 Å². The zero-order chi connectivity index (χ0) is 29.3. The third kappa shape index (κ3) is 5.77. The first kappa shape index (κ1) is 28.6. The number of likely N-dealkylation sites (tertiary alicyclic amines) is 1. The first-order valence-electron chi connectivity index (χ1n) is 13.5.